The molecule has 2 aromatic carbocycles. The predicted molar refractivity (Wildman–Crippen MR) is 72.1 cm³/mol. The SMILES string of the molecule is COc1ccc(Nc2c(C)cccc2C#N)cc1F. The van der Waals surface area contributed by atoms with E-state index in [2.05, 4.69) is 11.4 Å². The minimum Gasteiger partial charge on any atom is -0.494 e. The van der Waals surface area contributed by atoms with Gasteiger partial charge in [0.15, 0.2) is 11.6 Å². The Labute approximate surface area is 111 Å². The van der Waals surface area contributed by atoms with Gasteiger partial charge < -0.3 is 10.1 Å². The molecule has 19 heavy (non-hydrogen) atoms. The number of halogens is 1. The molecule has 0 fully saturated rings. The molecule has 0 saturated heterocycles. The van der Waals surface area contributed by atoms with E-state index in [4.69, 9.17) is 10.00 Å². The summed E-state index contributed by atoms with van der Waals surface area (Å²) < 4.78 is 18.5. The maximum Gasteiger partial charge on any atom is 0.167 e. The third-order valence-electron chi connectivity index (χ3n) is 2.81. The molecule has 0 heterocycles. The highest BCUT2D eigenvalue weighted by Gasteiger charge is 2.08. The molecule has 2 aromatic rings. The number of hydrogen-bond acceptors (Lipinski definition) is 3. The van der Waals surface area contributed by atoms with Crippen molar-refractivity contribution in [1.82, 2.24) is 0 Å². The first-order valence-corrected chi connectivity index (χ1v) is 5.76. The predicted octanol–water partition coefficient (Wildman–Crippen LogP) is 3.76. The van der Waals surface area contributed by atoms with Crippen molar-refractivity contribution in [2.75, 3.05) is 12.4 Å². The van der Waals surface area contributed by atoms with Crippen LogP contribution in [0.4, 0.5) is 15.8 Å². The normalized spacial score (nSPS) is 9.79. The lowest BCUT2D eigenvalue weighted by Gasteiger charge is -2.12. The highest BCUT2D eigenvalue weighted by molar-refractivity contribution is 5.70. The molecule has 1 N–H and O–H groups in total. The second kappa shape index (κ2) is 5.40. The fourth-order valence-corrected chi connectivity index (χ4v) is 1.82. The van der Waals surface area contributed by atoms with Crippen molar-refractivity contribution in [3.05, 3.63) is 53.3 Å². The molecule has 0 aromatic heterocycles. The Morgan fingerprint density at radius 2 is 2.05 bits per heavy atom. The van der Waals surface area contributed by atoms with Crippen molar-refractivity contribution in [2.45, 2.75) is 6.92 Å². The zero-order chi connectivity index (χ0) is 13.8. The molecule has 0 aliphatic heterocycles. The summed E-state index contributed by atoms with van der Waals surface area (Å²) in [6.45, 7) is 1.89. The van der Waals surface area contributed by atoms with Gasteiger partial charge in [-0.05, 0) is 30.7 Å². The molecule has 0 amide bonds. The van der Waals surface area contributed by atoms with Gasteiger partial charge in [-0.25, -0.2) is 4.39 Å². The Hall–Kier alpha value is -2.54. The quantitative estimate of drug-likeness (QED) is 0.909. The van der Waals surface area contributed by atoms with Gasteiger partial charge in [0.1, 0.15) is 6.07 Å². The van der Waals surface area contributed by atoms with Gasteiger partial charge in [0.25, 0.3) is 0 Å². The topological polar surface area (TPSA) is 45.0 Å². The summed E-state index contributed by atoms with van der Waals surface area (Å²) in [6, 6.07) is 12.1. The van der Waals surface area contributed by atoms with Gasteiger partial charge in [0.2, 0.25) is 0 Å². The van der Waals surface area contributed by atoms with Gasteiger partial charge in [-0.2, -0.15) is 5.26 Å². The molecule has 96 valence electrons. The minimum atomic E-state index is -0.445. The molecular weight excluding hydrogens is 243 g/mol. The van der Waals surface area contributed by atoms with Crippen LogP contribution in [0.3, 0.4) is 0 Å². The summed E-state index contributed by atoms with van der Waals surface area (Å²) in [7, 11) is 1.42. The standard InChI is InChI=1S/C15H13FN2O/c1-10-4-3-5-11(9-17)15(10)18-12-6-7-14(19-2)13(16)8-12/h3-8,18H,1-2H3. The Morgan fingerprint density at radius 3 is 2.68 bits per heavy atom. The van der Waals surface area contributed by atoms with Crippen LogP contribution in [0.2, 0.25) is 0 Å². The number of hydrogen-bond donors (Lipinski definition) is 1. The molecular formula is C15H13FN2O. The van der Waals surface area contributed by atoms with E-state index in [0.29, 0.717) is 16.9 Å². The number of benzene rings is 2. The van der Waals surface area contributed by atoms with Crippen molar-refractivity contribution in [3.8, 4) is 11.8 Å². The smallest absolute Gasteiger partial charge is 0.167 e. The first kappa shape index (κ1) is 12.9. The van der Waals surface area contributed by atoms with E-state index in [-0.39, 0.29) is 5.75 Å². The van der Waals surface area contributed by atoms with Crippen LogP contribution in [0.15, 0.2) is 36.4 Å². The lowest BCUT2D eigenvalue weighted by atomic mass is 10.1. The Balaban J connectivity index is 2.37. The van der Waals surface area contributed by atoms with Crippen LogP contribution in [0.5, 0.6) is 5.75 Å². The van der Waals surface area contributed by atoms with Crippen LogP contribution >= 0.6 is 0 Å². The van der Waals surface area contributed by atoms with Crippen molar-refractivity contribution in [2.24, 2.45) is 0 Å². The number of para-hydroxylation sites is 1. The molecule has 0 aliphatic carbocycles. The van der Waals surface area contributed by atoms with Gasteiger partial charge in [0, 0.05) is 11.8 Å². The summed E-state index contributed by atoms with van der Waals surface area (Å²) in [6.07, 6.45) is 0. The molecule has 4 heteroatoms. The molecule has 0 spiro atoms. The number of nitriles is 1. The van der Waals surface area contributed by atoms with Crippen molar-refractivity contribution >= 4 is 11.4 Å². The van der Waals surface area contributed by atoms with E-state index in [1.165, 1.54) is 13.2 Å². The Morgan fingerprint density at radius 1 is 1.26 bits per heavy atom. The third kappa shape index (κ3) is 2.66. The summed E-state index contributed by atoms with van der Waals surface area (Å²) >= 11 is 0. The minimum absolute atomic E-state index is 0.191. The van der Waals surface area contributed by atoms with E-state index < -0.39 is 5.82 Å². The number of anilines is 2. The number of aryl methyl sites for hydroxylation is 1. The average Bonchev–Trinajstić information content (AvgIpc) is 2.41. The van der Waals surface area contributed by atoms with Crippen LogP contribution in [-0.2, 0) is 0 Å². The number of ether oxygens (including phenoxy) is 1. The summed E-state index contributed by atoms with van der Waals surface area (Å²) in [4.78, 5) is 0. The highest BCUT2D eigenvalue weighted by atomic mass is 19.1. The van der Waals surface area contributed by atoms with Crippen LogP contribution < -0.4 is 10.1 Å². The Kier molecular flexibility index (Phi) is 3.67. The molecule has 0 aliphatic rings. The van der Waals surface area contributed by atoms with E-state index in [1.807, 2.05) is 19.1 Å². The van der Waals surface area contributed by atoms with Crippen LogP contribution in [0, 0.1) is 24.1 Å². The van der Waals surface area contributed by atoms with E-state index in [0.717, 1.165) is 5.56 Å². The number of nitrogens with one attached hydrogen (secondary N) is 1. The van der Waals surface area contributed by atoms with E-state index in [1.54, 1.807) is 18.2 Å². The van der Waals surface area contributed by atoms with Crippen molar-refractivity contribution in [1.29, 1.82) is 5.26 Å². The number of methoxy groups -OCH3 is 1. The van der Waals surface area contributed by atoms with Gasteiger partial charge in [-0.1, -0.05) is 12.1 Å². The lowest BCUT2D eigenvalue weighted by Crippen LogP contribution is -1.97. The highest BCUT2D eigenvalue weighted by Crippen LogP contribution is 2.27. The van der Waals surface area contributed by atoms with Crippen molar-refractivity contribution < 1.29 is 9.13 Å². The summed E-state index contributed by atoms with van der Waals surface area (Å²) in [5.41, 5.74) is 2.71. The average molecular weight is 256 g/mol. The number of nitrogens with zero attached hydrogens (tertiary/aromatic N) is 1. The monoisotopic (exact) mass is 256 g/mol. The fraction of sp³-hybridized carbons (Fsp3) is 0.133. The zero-order valence-corrected chi connectivity index (χ0v) is 10.7. The summed E-state index contributed by atoms with van der Waals surface area (Å²) in [5.74, 6) is -0.254. The van der Waals surface area contributed by atoms with Crippen LogP contribution in [0.1, 0.15) is 11.1 Å². The maximum absolute atomic E-state index is 13.6. The van der Waals surface area contributed by atoms with Gasteiger partial charge in [0.05, 0.1) is 18.4 Å². The molecule has 2 rings (SSSR count). The molecule has 0 saturated carbocycles. The first-order valence-electron chi connectivity index (χ1n) is 5.76. The van der Waals surface area contributed by atoms with Gasteiger partial charge in [-0.3, -0.25) is 0 Å². The molecule has 0 radical (unpaired) electrons. The first-order chi connectivity index (χ1) is 9.15. The maximum atomic E-state index is 13.6. The van der Waals surface area contributed by atoms with Crippen LogP contribution in [0.25, 0.3) is 0 Å². The van der Waals surface area contributed by atoms with E-state index >= 15 is 0 Å². The summed E-state index contributed by atoms with van der Waals surface area (Å²) in [5, 5.41) is 12.1. The second-order valence-electron chi connectivity index (χ2n) is 4.08. The largest absolute Gasteiger partial charge is 0.494 e. The van der Waals surface area contributed by atoms with E-state index in [9.17, 15) is 4.39 Å². The second-order valence-corrected chi connectivity index (χ2v) is 4.08. The lowest BCUT2D eigenvalue weighted by molar-refractivity contribution is 0.386. The molecule has 0 unspecified atom stereocenters. The van der Waals surface area contributed by atoms with Crippen molar-refractivity contribution in [3.63, 3.8) is 0 Å². The van der Waals surface area contributed by atoms with Gasteiger partial charge in [-0.15, -0.1) is 0 Å². The fourth-order valence-electron chi connectivity index (χ4n) is 1.82. The molecule has 0 bridgehead atoms. The van der Waals surface area contributed by atoms with Gasteiger partial charge >= 0.3 is 0 Å². The zero-order valence-electron chi connectivity index (χ0n) is 10.7. The number of rotatable bonds is 3. The molecule has 3 nitrogen and oxygen atoms in total. The molecule has 0 atom stereocenters. The third-order valence-corrected chi connectivity index (χ3v) is 2.81. The van der Waals surface area contributed by atoms with Crippen LogP contribution in [-0.4, -0.2) is 7.11 Å². The Bertz CT molecular complexity index is 647.